The van der Waals surface area contributed by atoms with Crippen molar-refractivity contribution < 1.29 is 28.5 Å². The number of rotatable bonds is 3. The normalized spacial score (nSPS) is 13.7. The Hall–Kier alpha value is -3.45. The van der Waals surface area contributed by atoms with Crippen molar-refractivity contribution in [1.29, 1.82) is 0 Å². The zero-order valence-corrected chi connectivity index (χ0v) is 15.6. The van der Waals surface area contributed by atoms with E-state index in [4.69, 9.17) is 9.79 Å². The van der Waals surface area contributed by atoms with E-state index in [0.717, 1.165) is 5.56 Å². The molecule has 4 aromatic rings. The van der Waals surface area contributed by atoms with Crippen molar-refractivity contribution in [2.75, 3.05) is 0 Å². The van der Waals surface area contributed by atoms with E-state index in [1.807, 2.05) is 30.3 Å². The van der Waals surface area contributed by atoms with Gasteiger partial charge < -0.3 is 9.51 Å². The van der Waals surface area contributed by atoms with Crippen molar-refractivity contribution in [2.24, 2.45) is 0 Å². The summed E-state index contributed by atoms with van der Waals surface area (Å²) >= 11 is 0. The van der Waals surface area contributed by atoms with Crippen LogP contribution < -0.4 is 9.84 Å². The number of hydrogen-bond donors (Lipinski definition) is 4. The number of aromatic amines is 1. The van der Waals surface area contributed by atoms with Gasteiger partial charge in [0.1, 0.15) is 5.75 Å². The van der Waals surface area contributed by atoms with E-state index >= 15 is 0 Å². The molecular weight excluding hydrogens is 395 g/mol. The summed E-state index contributed by atoms with van der Waals surface area (Å²) < 4.78 is 15.9. The van der Waals surface area contributed by atoms with Gasteiger partial charge in [-0.1, -0.05) is 30.3 Å². The maximum atomic E-state index is 12.6. The van der Waals surface area contributed by atoms with Gasteiger partial charge in [-0.25, -0.2) is 4.57 Å². The predicted octanol–water partition coefficient (Wildman–Crippen LogP) is 3.34. The number of aromatic nitrogens is 1. The molecular formula is C20H13N2O6P. The van der Waals surface area contributed by atoms with Crippen LogP contribution in [0.1, 0.15) is 20.7 Å². The lowest BCUT2D eigenvalue weighted by atomic mass is 9.93. The highest BCUT2D eigenvalue weighted by Gasteiger charge is 2.33. The molecule has 0 unspecified atom stereocenters. The molecule has 0 saturated carbocycles. The molecule has 2 heterocycles. The van der Waals surface area contributed by atoms with E-state index in [0.29, 0.717) is 27.4 Å². The lowest BCUT2D eigenvalue weighted by molar-refractivity contribution is 0.0880. The van der Waals surface area contributed by atoms with Crippen LogP contribution in [0.4, 0.5) is 0 Å². The minimum Gasteiger partial charge on any atom is -0.404 e. The van der Waals surface area contributed by atoms with Crippen LogP contribution in [0.3, 0.4) is 0 Å². The van der Waals surface area contributed by atoms with Crippen LogP contribution in [0.25, 0.3) is 32.9 Å². The fraction of sp³-hybridized carbons (Fsp3) is 0. The highest BCUT2D eigenvalue weighted by molar-refractivity contribution is 7.46. The van der Waals surface area contributed by atoms with E-state index in [-0.39, 0.29) is 16.9 Å². The number of benzene rings is 3. The van der Waals surface area contributed by atoms with Gasteiger partial charge in [0.2, 0.25) is 0 Å². The van der Waals surface area contributed by atoms with E-state index in [2.05, 4.69) is 14.8 Å². The van der Waals surface area contributed by atoms with Crippen molar-refractivity contribution in [3.05, 3.63) is 65.7 Å². The minimum atomic E-state index is -4.74. The van der Waals surface area contributed by atoms with E-state index in [9.17, 15) is 14.2 Å². The van der Waals surface area contributed by atoms with E-state index in [1.54, 1.807) is 12.1 Å². The molecule has 0 aliphatic carbocycles. The Morgan fingerprint density at radius 3 is 2.31 bits per heavy atom. The third-order valence-corrected chi connectivity index (χ3v) is 5.30. The first-order valence-corrected chi connectivity index (χ1v) is 10.1. The van der Waals surface area contributed by atoms with Gasteiger partial charge in [0.25, 0.3) is 11.8 Å². The van der Waals surface area contributed by atoms with Gasteiger partial charge in [-0.3, -0.25) is 24.7 Å². The summed E-state index contributed by atoms with van der Waals surface area (Å²) in [6.07, 6.45) is 0. The Morgan fingerprint density at radius 1 is 0.862 bits per heavy atom. The van der Waals surface area contributed by atoms with Crippen LogP contribution in [0.2, 0.25) is 0 Å². The molecule has 0 spiro atoms. The molecule has 0 saturated heterocycles. The Morgan fingerprint density at radius 2 is 1.59 bits per heavy atom. The molecule has 9 heteroatoms. The molecule has 144 valence electrons. The van der Waals surface area contributed by atoms with E-state index in [1.165, 1.54) is 12.1 Å². The van der Waals surface area contributed by atoms with Gasteiger partial charge in [0, 0.05) is 21.8 Å². The lowest BCUT2D eigenvalue weighted by Gasteiger charge is -2.08. The number of carbonyl (C=O) groups excluding carboxylic acids is 2. The summed E-state index contributed by atoms with van der Waals surface area (Å²) in [6.45, 7) is 0. The van der Waals surface area contributed by atoms with Gasteiger partial charge in [0.05, 0.1) is 11.1 Å². The van der Waals surface area contributed by atoms with Crippen molar-refractivity contribution in [2.45, 2.75) is 0 Å². The number of imide groups is 1. The second-order valence-electron chi connectivity index (χ2n) is 6.66. The quantitative estimate of drug-likeness (QED) is 0.304. The van der Waals surface area contributed by atoms with Crippen LogP contribution in [0.5, 0.6) is 5.75 Å². The molecule has 1 aliphatic heterocycles. The Labute approximate surface area is 163 Å². The molecule has 1 aromatic heterocycles. The van der Waals surface area contributed by atoms with Gasteiger partial charge in [-0.05, 0) is 35.4 Å². The zero-order chi connectivity index (χ0) is 20.3. The van der Waals surface area contributed by atoms with Crippen molar-refractivity contribution in [3.63, 3.8) is 0 Å². The van der Waals surface area contributed by atoms with Gasteiger partial charge in [0.15, 0.2) is 0 Å². The van der Waals surface area contributed by atoms with Crippen LogP contribution in [0, 0.1) is 0 Å². The topological polar surface area (TPSA) is 129 Å². The van der Waals surface area contributed by atoms with Crippen molar-refractivity contribution >= 4 is 41.4 Å². The molecule has 3 aromatic carbocycles. The van der Waals surface area contributed by atoms with Crippen LogP contribution >= 0.6 is 7.82 Å². The first-order chi connectivity index (χ1) is 13.8. The number of phosphoric ester groups is 1. The maximum absolute atomic E-state index is 12.6. The third kappa shape index (κ3) is 2.82. The number of nitrogens with one attached hydrogen (secondary N) is 2. The van der Waals surface area contributed by atoms with Crippen LogP contribution in [0.15, 0.2) is 54.6 Å². The van der Waals surface area contributed by atoms with Crippen LogP contribution in [-0.4, -0.2) is 26.6 Å². The second kappa shape index (κ2) is 6.02. The highest BCUT2D eigenvalue weighted by Crippen LogP contribution is 2.42. The summed E-state index contributed by atoms with van der Waals surface area (Å²) in [5.74, 6) is -1.05. The summed E-state index contributed by atoms with van der Waals surface area (Å²) in [4.78, 5) is 46.5. The summed E-state index contributed by atoms with van der Waals surface area (Å²) in [5, 5.41) is 3.36. The number of phosphoric acid groups is 1. The lowest BCUT2D eigenvalue weighted by Crippen LogP contribution is -2.20. The number of carbonyl (C=O) groups is 2. The average molecular weight is 408 g/mol. The van der Waals surface area contributed by atoms with Gasteiger partial charge >= 0.3 is 7.82 Å². The number of hydrogen-bond acceptors (Lipinski definition) is 4. The molecule has 1 aliphatic rings. The van der Waals surface area contributed by atoms with Crippen LogP contribution in [-0.2, 0) is 4.57 Å². The molecule has 0 bridgehead atoms. The fourth-order valence-electron chi connectivity index (χ4n) is 3.78. The summed E-state index contributed by atoms with van der Waals surface area (Å²) in [5.41, 5.74) is 3.17. The Bertz CT molecular complexity index is 1390. The monoisotopic (exact) mass is 408 g/mol. The molecule has 8 nitrogen and oxygen atoms in total. The van der Waals surface area contributed by atoms with Gasteiger partial charge in [-0.15, -0.1) is 0 Å². The molecule has 5 rings (SSSR count). The standard InChI is InChI=1S/C20H13N2O6P/c23-19-17-12(10-4-2-1-3-5-10)9-15-16(18(17)20(24)22-19)13-8-11(28-29(25,26)27)6-7-14(13)21-15/h1-9,21H,(H,22,23,24)(H2,25,26,27). The largest absolute Gasteiger partial charge is 0.524 e. The molecule has 0 radical (unpaired) electrons. The Balaban J connectivity index is 1.86. The molecule has 0 atom stereocenters. The fourth-order valence-corrected chi connectivity index (χ4v) is 4.16. The van der Waals surface area contributed by atoms with Gasteiger partial charge in [-0.2, -0.15) is 0 Å². The minimum absolute atomic E-state index is 0.0441. The third-order valence-electron chi connectivity index (χ3n) is 4.85. The SMILES string of the molecule is O=C1NC(=O)c2c1c(-c1ccccc1)cc1[nH]c3ccc(OP(=O)(O)O)cc3c21. The molecule has 0 fully saturated rings. The summed E-state index contributed by atoms with van der Waals surface area (Å²) in [6, 6.07) is 15.5. The molecule has 29 heavy (non-hydrogen) atoms. The zero-order valence-electron chi connectivity index (χ0n) is 14.7. The smallest absolute Gasteiger partial charge is 0.404 e. The van der Waals surface area contributed by atoms with E-state index < -0.39 is 19.6 Å². The Kier molecular flexibility index (Phi) is 3.66. The van der Waals surface area contributed by atoms with Crippen molar-refractivity contribution in [1.82, 2.24) is 10.3 Å². The molecule has 2 amide bonds. The first kappa shape index (κ1) is 17.6. The predicted molar refractivity (Wildman–Crippen MR) is 106 cm³/mol. The number of H-pyrrole nitrogens is 1. The second-order valence-corrected chi connectivity index (χ2v) is 7.82. The number of fused-ring (bicyclic) bond motifs is 5. The highest BCUT2D eigenvalue weighted by atomic mass is 31.2. The molecule has 4 N–H and O–H groups in total. The number of amides is 2. The maximum Gasteiger partial charge on any atom is 0.524 e. The first-order valence-electron chi connectivity index (χ1n) is 8.60. The van der Waals surface area contributed by atoms with Crippen molar-refractivity contribution in [3.8, 4) is 16.9 Å². The summed E-state index contributed by atoms with van der Waals surface area (Å²) in [7, 11) is -4.74. The average Bonchev–Trinajstić information content (AvgIpc) is 3.17.